The Bertz CT molecular complexity index is 522. The summed E-state index contributed by atoms with van der Waals surface area (Å²) in [6, 6.07) is 0. The molecule has 0 saturated heterocycles. The fourth-order valence-electron chi connectivity index (χ4n) is 1.87. The maximum Gasteiger partial charge on any atom is 0.453 e. The van der Waals surface area contributed by atoms with E-state index in [2.05, 4.69) is 4.98 Å². The monoisotopic (exact) mass is 314 g/mol. The van der Waals surface area contributed by atoms with Gasteiger partial charge in [-0.2, -0.15) is 22.0 Å². The van der Waals surface area contributed by atoms with Gasteiger partial charge in [0, 0.05) is 13.5 Å². The molecule has 9 heteroatoms. The van der Waals surface area contributed by atoms with Crippen molar-refractivity contribution < 1.29 is 31.9 Å². The Kier molecular flexibility index (Phi) is 4.95. The summed E-state index contributed by atoms with van der Waals surface area (Å²) < 4.78 is 63.9. The molecule has 1 aromatic rings. The Morgan fingerprint density at radius 1 is 1.29 bits per heavy atom. The number of carboxylic acids is 1. The zero-order valence-electron chi connectivity index (χ0n) is 11.5. The average Bonchev–Trinajstić information content (AvgIpc) is 2.60. The molecule has 120 valence electrons. The molecule has 4 nitrogen and oxygen atoms in total. The van der Waals surface area contributed by atoms with Gasteiger partial charge >= 0.3 is 18.1 Å². The van der Waals surface area contributed by atoms with Crippen molar-refractivity contribution in [2.45, 2.75) is 44.7 Å². The van der Waals surface area contributed by atoms with Gasteiger partial charge in [-0.15, -0.1) is 0 Å². The number of halogens is 5. The minimum absolute atomic E-state index is 0.183. The van der Waals surface area contributed by atoms with E-state index in [1.807, 2.05) is 6.92 Å². The van der Waals surface area contributed by atoms with Gasteiger partial charge < -0.3 is 9.67 Å². The first-order valence-corrected chi connectivity index (χ1v) is 6.23. The molecule has 0 unspecified atom stereocenters. The van der Waals surface area contributed by atoms with Crippen LogP contribution in [0.2, 0.25) is 0 Å². The van der Waals surface area contributed by atoms with E-state index in [9.17, 15) is 26.7 Å². The Morgan fingerprint density at radius 3 is 2.29 bits per heavy atom. The lowest BCUT2D eigenvalue weighted by Crippen LogP contribution is -2.39. The molecule has 1 rings (SSSR count). The van der Waals surface area contributed by atoms with Gasteiger partial charge in [0.2, 0.25) is 0 Å². The zero-order chi connectivity index (χ0) is 16.4. The lowest BCUT2D eigenvalue weighted by atomic mass is 10.1. The van der Waals surface area contributed by atoms with E-state index in [1.54, 1.807) is 0 Å². The number of carboxylic acid groups (broad SMARTS) is 1. The number of nitrogens with zero attached hydrogens (tertiary/aromatic N) is 2. The molecule has 0 aliphatic carbocycles. The number of carbonyl (C=O) groups is 1. The third-order valence-electron chi connectivity index (χ3n) is 3.02. The van der Waals surface area contributed by atoms with Crippen LogP contribution in [-0.4, -0.2) is 32.7 Å². The molecule has 1 aromatic heterocycles. The van der Waals surface area contributed by atoms with Gasteiger partial charge in [0.1, 0.15) is 5.82 Å². The van der Waals surface area contributed by atoms with Crippen LogP contribution in [0.1, 0.15) is 41.8 Å². The Balaban J connectivity index is 3.20. The van der Waals surface area contributed by atoms with Crippen molar-refractivity contribution in [1.82, 2.24) is 9.55 Å². The highest BCUT2D eigenvalue weighted by atomic mass is 19.4. The first-order chi connectivity index (χ1) is 9.51. The topological polar surface area (TPSA) is 55.1 Å². The summed E-state index contributed by atoms with van der Waals surface area (Å²) in [6.45, 7) is 1.86. The van der Waals surface area contributed by atoms with Gasteiger partial charge in [0.05, 0.1) is 12.1 Å². The van der Waals surface area contributed by atoms with Gasteiger partial charge in [0.25, 0.3) is 0 Å². The molecule has 0 atom stereocenters. The molecule has 0 spiro atoms. The van der Waals surface area contributed by atoms with E-state index < -0.39 is 35.9 Å². The quantitative estimate of drug-likeness (QED) is 0.820. The summed E-state index contributed by atoms with van der Waals surface area (Å²) in [5.41, 5.74) is -1.39. The highest BCUT2D eigenvalue weighted by Crippen LogP contribution is 2.38. The molecule has 0 amide bonds. The Labute approximate surface area is 117 Å². The Morgan fingerprint density at radius 2 is 1.86 bits per heavy atom. The second kappa shape index (κ2) is 5.98. The fraction of sp³-hybridized carbons (Fsp3) is 0.667. The number of aryl methyl sites for hydroxylation is 1. The number of hydrogen-bond acceptors (Lipinski definition) is 2. The summed E-state index contributed by atoms with van der Waals surface area (Å²) >= 11 is 0. The van der Waals surface area contributed by atoms with Gasteiger partial charge in [-0.3, -0.25) is 0 Å². The number of rotatable bonds is 6. The fourth-order valence-corrected chi connectivity index (χ4v) is 1.87. The molecule has 1 heterocycles. The highest BCUT2D eigenvalue weighted by Gasteiger charge is 2.58. The largest absolute Gasteiger partial charge is 0.477 e. The lowest BCUT2D eigenvalue weighted by molar-refractivity contribution is -0.281. The number of unbranched alkanes of at least 4 members (excludes halogenated alkanes) is 1. The molecule has 0 aliphatic rings. The van der Waals surface area contributed by atoms with Crippen LogP contribution in [0.4, 0.5) is 22.0 Å². The number of aromatic nitrogens is 2. The SMILES string of the molecule is CCCCc1nc(CC(F)(F)C(F)(F)F)c(C(=O)O)n1C. The van der Waals surface area contributed by atoms with Crippen molar-refractivity contribution in [3.05, 3.63) is 17.2 Å². The van der Waals surface area contributed by atoms with Crippen LogP contribution in [0.15, 0.2) is 0 Å². The molecule has 1 N–H and O–H groups in total. The number of alkyl halides is 5. The third kappa shape index (κ3) is 3.70. The first kappa shape index (κ1) is 17.4. The van der Waals surface area contributed by atoms with Crippen molar-refractivity contribution in [3.8, 4) is 0 Å². The molecular weight excluding hydrogens is 299 g/mol. The zero-order valence-corrected chi connectivity index (χ0v) is 11.5. The van der Waals surface area contributed by atoms with Crippen molar-refractivity contribution >= 4 is 5.97 Å². The molecule has 0 bridgehead atoms. The van der Waals surface area contributed by atoms with E-state index in [0.717, 1.165) is 11.0 Å². The van der Waals surface area contributed by atoms with Crippen LogP contribution in [0.25, 0.3) is 0 Å². The second-order valence-electron chi connectivity index (χ2n) is 4.67. The summed E-state index contributed by atoms with van der Waals surface area (Å²) in [4.78, 5) is 14.7. The second-order valence-corrected chi connectivity index (χ2v) is 4.67. The molecule has 0 fully saturated rings. The van der Waals surface area contributed by atoms with Crippen molar-refractivity contribution in [2.24, 2.45) is 7.05 Å². The number of hydrogen-bond donors (Lipinski definition) is 1. The Hall–Kier alpha value is -1.67. The van der Waals surface area contributed by atoms with E-state index in [0.29, 0.717) is 12.8 Å². The van der Waals surface area contributed by atoms with Gasteiger partial charge in [-0.25, -0.2) is 9.78 Å². The minimum Gasteiger partial charge on any atom is -0.477 e. The van der Waals surface area contributed by atoms with Crippen LogP contribution in [0.3, 0.4) is 0 Å². The molecule has 0 radical (unpaired) electrons. The van der Waals surface area contributed by atoms with Gasteiger partial charge in [0.15, 0.2) is 5.69 Å². The van der Waals surface area contributed by atoms with Crippen molar-refractivity contribution in [2.75, 3.05) is 0 Å². The standard InChI is InChI=1S/C12H15F5N2O2/c1-3-4-5-8-18-7(9(10(20)21)19(8)2)6-11(13,14)12(15,16)17/h3-6H2,1-2H3,(H,20,21). The number of imidazole rings is 1. The van der Waals surface area contributed by atoms with Gasteiger partial charge in [-0.05, 0) is 6.42 Å². The van der Waals surface area contributed by atoms with E-state index in [1.165, 1.54) is 7.05 Å². The van der Waals surface area contributed by atoms with Crippen molar-refractivity contribution in [3.63, 3.8) is 0 Å². The highest BCUT2D eigenvalue weighted by molar-refractivity contribution is 5.87. The lowest BCUT2D eigenvalue weighted by Gasteiger charge is -2.18. The predicted octanol–water partition coefficient (Wildman–Crippen LogP) is 3.20. The van der Waals surface area contributed by atoms with E-state index in [-0.39, 0.29) is 5.82 Å². The molecule has 0 aromatic carbocycles. The van der Waals surface area contributed by atoms with E-state index in [4.69, 9.17) is 5.11 Å². The summed E-state index contributed by atoms with van der Waals surface area (Å²) in [5.74, 6) is -6.42. The predicted molar refractivity (Wildman–Crippen MR) is 63.5 cm³/mol. The molecular formula is C12H15F5N2O2. The molecule has 21 heavy (non-hydrogen) atoms. The normalized spacial score (nSPS) is 12.7. The summed E-state index contributed by atoms with van der Waals surface area (Å²) in [6.07, 6.45) is -5.84. The third-order valence-corrected chi connectivity index (χ3v) is 3.02. The maximum absolute atomic E-state index is 13.1. The average molecular weight is 314 g/mol. The van der Waals surface area contributed by atoms with Crippen LogP contribution in [-0.2, 0) is 19.9 Å². The van der Waals surface area contributed by atoms with Crippen LogP contribution in [0.5, 0.6) is 0 Å². The van der Waals surface area contributed by atoms with Crippen molar-refractivity contribution in [1.29, 1.82) is 0 Å². The minimum atomic E-state index is -5.75. The van der Waals surface area contributed by atoms with Crippen LogP contribution in [0, 0.1) is 0 Å². The summed E-state index contributed by atoms with van der Waals surface area (Å²) in [5, 5.41) is 9.00. The summed E-state index contributed by atoms with van der Waals surface area (Å²) in [7, 11) is 1.29. The number of aromatic carboxylic acids is 1. The van der Waals surface area contributed by atoms with Gasteiger partial charge in [-0.1, -0.05) is 13.3 Å². The van der Waals surface area contributed by atoms with Crippen LogP contribution >= 0.6 is 0 Å². The van der Waals surface area contributed by atoms with Crippen LogP contribution < -0.4 is 0 Å². The first-order valence-electron chi connectivity index (χ1n) is 6.23. The van der Waals surface area contributed by atoms with E-state index >= 15 is 0 Å². The molecule has 0 aliphatic heterocycles. The smallest absolute Gasteiger partial charge is 0.453 e. The molecule has 0 saturated carbocycles. The maximum atomic E-state index is 13.1.